The van der Waals surface area contributed by atoms with Gasteiger partial charge in [0.25, 0.3) is 5.89 Å². The van der Waals surface area contributed by atoms with Crippen LogP contribution in [0, 0.1) is 19.8 Å². The summed E-state index contributed by atoms with van der Waals surface area (Å²) in [4.78, 5) is 14.9. The molecule has 2 aromatic rings. The van der Waals surface area contributed by atoms with E-state index in [2.05, 4.69) is 10.2 Å². The molecule has 1 saturated heterocycles. The van der Waals surface area contributed by atoms with Crippen LogP contribution in [0.4, 0.5) is 0 Å². The molecule has 1 atom stereocenters. The average Bonchev–Trinajstić information content (AvgIpc) is 3.36. The fourth-order valence-electron chi connectivity index (χ4n) is 3.98. The highest BCUT2D eigenvalue weighted by Crippen LogP contribution is 2.28. The molecule has 7 heteroatoms. The van der Waals surface area contributed by atoms with Crippen LogP contribution < -0.4 is 0 Å². The van der Waals surface area contributed by atoms with E-state index in [-0.39, 0.29) is 12.0 Å². The van der Waals surface area contributed by atoms with Crippen LogP contribution in [-0.4, -0.2) is 46.8 Å². The maximum atomic E-state index is 12.9. The second-order valence-electron chi connectivity index (χ2n) is 8.06. The molecule has 152 valence electrons. The predicted octanol–water partition coefficient (Wildman–Crippen LogP) is 3.69. The zero-order chi connectivity index (χ0) is 19.5. The summed E-state index contributed by atoms with van der Waals surface area (Å²) >= 11 is 0. The van der Waals surface area contributed by atoms with Gasteiger partial charge in [0, 0.05) is 32.5 Å². The van der Waals surface area contributed by atoms with Crippen LogP contribution in [0.3, 0.4) is 0 Å². The van der Waals surface area contributed by atoms with Crippen LogP contribution >= 0.6 is 0 Å². The van der Waals surface area contributed by atoms with Gasteiger partial charge in [0.15, 0.2) is 0 Å². The molecule has 7 nitrogen and oxygen atoms in total. The van der Waals surface area contributed by atoms with Crippen LogP contribution in [0.1, 0.15) is 55.9 Å². The van der Waals surface area contributed by atoms with Crippen molar-refractivity contribution in [3.05, 3.63) is 23.5 Å². The van der Waals surface area contributed by atoms with E-state index in [4.69, 9.17) is 13.6 Å². The van der Waals surface area contributed by atoms with Gasteiger partial charge < -0.3 is 18.5 Å². The lowest BCUT2D eigenvalue weighted by atomic mass is 9.85. The van der Waals surface area contributed by atoms with Crippen molar-refractivity contribution in [3.8, 4) is 11.5 Å². The number of carbonyl (C=O) groups is 1. The van der Waals surface area contributed by atoms with Crippen molar-refractivity contribution in [2.24, 2.45) is 5.92 Å². The van der Waals surface area contributed by atoms with Gasteiger partial charge in [0.1, 0.15) is 11.5 Å². The molecule has 1 aliphatic heterocycles. The molecule has 2 aromatic heterocycles. The Morgan fingerprint density at radius 2 is 2.00 bits per heavy atom. The number of amides is 1. The Bertz CT molecular complexity index is 802. The molecule has 0 bridgehead atoms. The molecule has 0 aromatic carbocycles. The summed E-state index contributed by atoms with van der Waals surface area (Å²) in [5, 5.41) is 8.23. The lowest BCUT2D eigenvalue weighted by Crippen LogP contribution is -2.41. The maximum absolute atomic E-state index is 12.9. The van der Waals surface area contributed by atoms with E-state index >= 15 is 0 Å². The fraction of sp³-hybridized carbons (Fsp3) is 0.667. The molecule has 1 unspecified atom stereocenters. The topological polar surface area (TPSA) is 81.6 Å². The number of furan rings is 1. The number of aryl methyl sites for hydroxylation is 3. The van der Waals surface area contributed by atoms with Crippen molar-refractivity contribution < 1.29 is 18.4 Å². The van der Waals surface area contributed by atoms with Gasteiger partial charge in [-0.15, -0.1) is 10.2 Å². The first kappa shape index (κ1) is 19.2. The summed E-state index contributed by atoms with van der Waals surface area (Å²) in [6.45, 7) is 6.13. The number of hydrogen-bond acceptors (Lipinski definition) is 6. The van der Waals surface area contributed by atoms with Crippen LogP contribution in [0.2, 0.25) is 0 Å². The van der Waals surface area contributed by atoms with Crippen LogP contribution in [0.25, 0.3) is 11.5 Å². The minimum absolute atomic E-state index is 0.150. The summed E-state index contributed by atoms with van der Waals surface area (Å²) in [6.07, 6.45) is 6.89. The molecule has 1 amide bonds. The van der Waals surface area contributed by atoms with Gasteiger partial charge in [-0.3, -0.25) is 4.79 Å². The molecule has 0 N–H and O–H groups in total. The van der Waals surface area contributed by atoms with E-state index in [9.17, 15) is 4.79 Å². The molecule has 0 radical (unpaired) electrons. The molecular formula is C21H29N3O4. The minimum Gasteiger partial charge on any atom is -0.466 e. The van der Waals surface area contributed by atoms with Crippen molar-refractivity contribution >= 4 is 5.91 Å². The molecule has 2 fully saturated rings. The fourth-order valence-corrected chi connectivity index (χ4v) is 3.98. The molecular weight excluding hydrogens is 358 g/mol. The summed E-state index contributed by atoms with van der Waals surface area (Å²) in [5.74, 6) is 3.30. The summed E-state index contributed by atoms with van der Waals surface area (Å²) < 4.78 is 17.0. The van der Waals surface area contributed by atoms with Crippen LogP contribution in [-0.2, 0) is 16.0 Å². The highest BCUT2D eigenvalue weighted by atomic mass is 16.5. The van der Waals surface area contributed by atoms with Gasteiger partial charge in [-0.1, -0.05) is 6.42 Å². The molecule has 2 aliphatic rings. The Balaban J connectivity index is 1.35. The second kappa shape index (κ2) is 8.47. The van der Waals surface area contributed by atoms with Crippen molar-refractivity contribution in [2.75, 3.05) is 19.7 Å². The summed E-state index contributed by atoms with van der Waals surface area (Å²) in [6, 6.07) is 1.89. The largest absolute Gasteiger partial charge is 0.466 e. The van der Waals surface area contributed by atoms with E-state index in [1.807, 2.05) is 24.8 Å². The Morgan fingerprint density at radius 3 is 2.64 bits per heavy atom. The SMILES string of the molecule is Cc1cc(-c2nnc(CCC(=O)N(CC3CCC3)CC3CCCO3)o2)c(C)o1. The van der Waals surface area contributed by atoms with Crippen LogP contribution in [0.5, 0.6) is 0 Å². The third kappa shape index (κ3) is 4.46. The highest BCUT2D eigenvalue weighted by molar-refractivity contribution is 5.76. The zero-order valence-corrected chi connectivity index (χ0v) is 16.8. The first-order chi connectivity index (χ1) is 13.6. The van der Waals surface area contributed by atoms with Gasteiger partial charge in [-0.2, -0.15) is 0 Å². The third-order valence-electron chi connectivity index (χ3n) is 5.80. The summed E-state index contributed by atoms with van der Waals surface area (Å²) in [7, 11) is 0. The van der Waals surface area contributed by atoms with Crippen molar-refractivity contribution in [1.29, 1.82) is 0 Å². The number of hydrogen-bond donors (Lipinski definition) is 0. The first-order valence-electron chi connectivity index (χ1n) is 10.4. The van der Waals surface area contributed by atoms with E-state index in [1.165, 1.54) is 19.3 Å². The van der Waals surface area contributed by atoms with Crippen molar-refractivity contribution in [3.63, 3.8) is 0 Å². The Hall–Kier alpha value is -2.15. The molecule has 4 rings (SSSR count). The van der Waals surface area contributed by atoms with Gasteiger partial charge in [-0.05, 0) is 51.5 Å². The lowest BCUT2D eigenvalue weighted by Gasteiger charge is -2.33. The number of ether oxygens (including phenoxy) is 1. The smallest absolute Gasteiger partial charge is 0.251 e. The predicted molar refractivity (Wildman–Crippen MR) is 103 cm³/mol. The van der Waals surface area contributed by atoms with Crippen molar-refractivity contribution in [1.82, 2.24) is 15.1 Å². The van der Waals surface area contributed by atoms with E-state index in [1.54, 1.807) is 0 Å². The standard InChI is InChI=1S/C21H29N3O4/c1-14-11-18(15(2)27-14)21-23-22-19(28-21)8-9-20(25)24(12-16-5-3-6-16)13-17-7-4-10-26-17/h11,16-17H,3-10,12-13H2,1-2H3. The van der Waals surface area contributed by atoms with Gasteiger partial charge in [0.2, 0.25) is 11.8 Å². The molecule has 28 heavy (non-hydrogen) atoms. The number of nitrogens with zero attached hydrogens (tertiary/aromatic N) is 3. The van der Waals surface area contributed by atoms with Gasteiger partial charge >= 0.3 is 0 Å². The zero-order valence-electron chi connectivity index (χ0n) is 16.8. The quantitative estimate of drug-likeness (QED) is 0.687. The van der Waals surface area contributed by atoms with Gasteiger partial charge in [0.05, 0.1) is 11.7 Å². The Morgan fingerprint density at radius 1 is 1.14 bits per heavy atom. The maximum Gasteiger partial charge on any atom is 0.251 e. The van der Waals surface area contributed by atoms with Crippen LogP contribution in [0.15, 0.2) is 14.9 Å². The number of aromatic nitrogens is 2. The average molecular weight is 387 g/mol. The van der Waals surface area contributed by atoms with E-state index < -0.39 is 0 Å². The normalized spacial score (nSPS) is 19.7. The highest BCUT2D eigenvalue weighted by Gasteiger charge is 2.27. The minimum atomic E-state index is 0.150. The second-order valence-corrected chi connectivity index (χ2v) is 8.06. The molecule has 1 saturated carbocycles. The lowest BCUT2D eigenvalue weighted by molar-refractivity contribution is -0.134. The molecule has 1 aliphatic carbocycles. The number of carbonyl (C=O) groups excluding carboxylic acids is 1. The Labute approximate surface area is 165 Å². The monoisotopic (exact) mass is 387 g/mol. The molecule has 3 heterocycles. The Kier molecular flexibility index (Phi) is 5.80. The van der Waals surface area contributed by atoms with Crippen molar-refractivity contribution in [2.45, 2.75) is 64.9 Å². The third-order valence-corrected chi connectivity index (χ3v) is 5.80. The number of rotatable bonds is 8. The first-order valence-corrected chi connectivity index (χ1v) is 10.4. The molecule has 0 spiro atoms. The van der Waals surface area contributed by atoms with E-state index in [0.717, 1.165) is 43.1 Å². The van der Waals surface area contributed by atoms with E-state index in [0.29, 0.717) is 37.1 Å². The van der Waals surface area contributed by atoms with Gasteiger partial charge in [-0.25, -0.2) is 0 Å². The summed E-state index contributed by atoms with van der Waals surface area (Å²) in [5.41, 5.74) is 0.813.